The molecule has 0 saturated carbocycles. The second-order valence-electron chi connectivity index (χ2n) is 5.37. The summed E-state index contributed by atoms with van der Waals surface area (Å²) in [7, 11) is 0. The van der Waals surface area contributed by atoms with Crippen molar-refractivity contribution in [2.24, 2.45) is 11.7 Å². The minimum Gasteiger partial charge on any atom is -0.364 e. The van der Waals surface area contributed by atoms with E-state index in [9.17, 15) is 9.59 Å². The first kappa shape index (κ1) is 14.2. The minimum atomic E-state index is -0.595. The molecule has 0 aliphatic carbocycles. The van der Waals surface area contributed by atoms with Crippen LogP contribution < -0.4 is 10.6 Å². The van der Waals surface area contributed by atoms with E-state index in [4.69, 9.17) is 5.73 Å². The zero-order chi connectivity index (χ0) is 15.5. The van der Waals surface area contributed by atoms with Gasteiger partial charge in [0.1, 0.15) is 5.69 Å². The van der Waals surface area contributed by atoms with Gasteiger partial charge in [-0.25, -0.2) is 4.98 Å². The summed E-state index contributed by atoms with van der Waals surface area (Å²) in [6, 6.07) is 9.60. The average molecular weight is 296 g/mol. The fourth-order valence-corrected chi connectivity index (χ4v) is 2.69. The molecule has 0 unspecified atom stereocenters. The number of hydrogen-bond acceptors (Lipinski definition) is 4. The average Bonchev–Trinajstić information content (AvgIpc) is 2.89. The van der Waals surface area contributed by atoms with Crippen molar-refractivity contribution in [2.45, 2.75) is 12.8 Å². The van der Waals surface area contributed by atoms with Crippen molar-refractivity contribution in [2.75, 3.05) is 11.4 Å². The molecule has 1 aromatic carbocycles. The monoisotopic (exact) mass is 296 g/mol. The van der Waals surface area contributed by atoms with Crippen LogP contribution in [0.1, 0.15) is 22.6 Å². The van der Waals surface area contributed by atoms with Crippen LogP contribution in [0.3, 0.4) is 0 Å². The van der Waals surface area contributed by atoms with Crippen LogP contribution in [0.5, 0.6) is 0 Å². The number of aromatic nitrogens is 2. The molecule has 1 fully saturated rings. The topological polar surface area (TPSA) is 89.2 Å². The van der Waals surface area contributed by atoms with Crippen molar-refractivity contribution < 1.29 is 9.59 Å². The summed E-state index contributed by atoms with van der Waals surface area (Å²) in [6.07, 6.45) is 4.03. The minimum absolute atomic E-state index is 0.107. The van der Waals surface area contributed by atoms with Gasteiger partial charge in [-0.15, -0.1) is 0 Å². The molecule has 2 aromatic rings. The lowest BCUT2D eigenvalue weighted by atomic mass is 10.0. The Bertz CT molecular complexity index is 702. The fraction of sp³-hybridized carbons (Fsp3) is 0.250. The number of carbonyl (C=O) groups is 2. The smallest absolute Gasteiger partial charge is 0.268 e. The number of hydrogen-bond donors (Lipinski definition) is 1. The molecular weight excluding hydrogens is 280 g/mol. The van der Waals surface area contributed by atoms with E-state index >= 15 is 0 Å². The molecule has 1 saturated heterocycles. The summed E-state index contributed by atoms with van der Waals surface area (Å²) in [4.78, 5) is 33.3. The molecule has 2 amide bonds. The van der Waals surface area contributed by atoms with Gasteiger partial charge in [-0.05, 0) is 24.5 Å². The fourth-order valence-electron chi connectivity index (χ4n) is 2.69. The van der Waals surface area contributed by atoms with E-state index in [-0.39, 0.29) is 17.5 Å². The predicted molar refractivity (Wildman–Crippen MR) is 81.2 cm³/mol. The van der Waals surface area contributed by atoms with Gasteiger partial charge in [0.05, 0.1) is 11.9 Å². The van der Waals surface area contributed by atoms with Gasteiger partial charge in [0.15, 0.2) is 0 Å². The highest BCUT2D eigenvalue weighted by Gasteiger charge is 2.30. The van der Waals surface area contributed by atoms with E-state index in [0.717, 1.165) is 5.69 Å². The first-order valence-electron chi connectivity index (χ1n) is 7.09. The summed E-state index contributed by atoms with van der Waals surface area (Å²) < 4.78 is 0. The second-order valence-corrected chi connectivity index (χ2v) is 5.37. The third-order valence-corrected chi connectivity index (χ3v) is 3.71. The highest BCUT2D eigenvalue weighted by molar-refractivity contribution is 5.95. The molecule has 1 aliphatic rings. The standard InChI is InChI=1S/C16H16N4O2/c17-16(22)14-9-18-8-12(19-14)6-11-7-15(21)20(10-11)13-4-2-1-3-5-13/h1-5,8-9,11H,6-7,10H2,(H2,17,22)/t11-/m1/s1. The second kappa shape index (κ2) is 5.93. The number of rotatable bonds is 4. The highest BCUT2D eigenvalue weighted by atomic mass is 16.2. The molecule has 6 heteroatoms. The first-order chi connectivity index (χ1) is 10.6. The molecule has 0 spiro atoms. The van der Waals surface area contributed by atoms with Crippen LogP contribution in [0, 0.1) is 5.92 Å². The van der Waals surface area contributed by atoms with E-state index < -0.39 is 5.91 Å². The van der Waals surface area contributed by atoms with Crippen LogP contribution in [0.4, 0.5) is 5.69 Å². The summed E-state index contributed by atoms with van der Waals surface area (Å²) >= 11 is 0. The number of amides is 2. The van der Waals surface area contributed by atoms with E-state index in [2.05, 4.69) is 9.97 Å². The number of carbonyl (C=O) groups excluding carboxylic acids is 2. The van der Waals surface area contributed by atoms with Crippen molar-refractivity contribution in [1.29, 1.82) is 0 Å². The van der Waals surface area contributed by atoms with E-state index in [0.29, 0.717) is 25.1 Å². The van der Waals surface area contributed by atoms with Crippen LogP contribution in [0.2, 0.25) is 0 Å². The summed E-state index contributed by atoms with van der Waals surface area (Å²) in [5, 5.41) is 0. The molecule has 0 radical (unpaired) electrons. The van der Waals surface area contributed by atoms with Crippen molar-refractivity contribution >= 4 is 17.5 Å². The molecule has 1 aromatic heterocycles. The molecule has 2 N–H and O–H groups in total. The molecule has 3 rings (SSSR count). The molecule has 112 valence electrons. The van der Waals surface area contributed by atoms with Crippen LogP contribution in [-0.2, 0) is 11.2 Å². The van der Waals surface area contributed by atoms with Gasteiger partial charge in [0.25, 0.3) is 5.91 Å². The summed E-state index contributed by atoms with van der Waals surface area (Å²) in [5.74, 6) is -0.330. The molecule has 1 atom stereocenters. The quantitative estimate of drug-likeness (QED) is 0.917. The number of benzene rings is 1. The Balaban J connectivity index is 1.71. The van der Waals surface area contributed by atoms with E-state index in [1.807, 2.05) is 30.3 Å². The van der Waals surface area contributed by atoms with Crippen LogP contribution in [0.25, 0.3) is 0 Å². The lowest BCUT2D eigenvalue weighted by Gasteiger charge is -2.16. The van der Waals surface area contributed by atoms with Gasteiger partial charge in [0.2, 0.25) is 5.91 Å². The summed E-state index contributed by atoms with van der Waals surface area (Å²) in [5.41, 5.74) is 6.96. The van der Waals surface area contributed by atoms with Crippen molar-refractivity contribution in [3.05, 3.63) is 54.1 Å². The molecule has 1 aliphatic heterocycles. The number of anilines is 1. The van der Waals surface area contributed by atoms with Crippen molar-refractivity contribution in [3.63, 3.8) is 0 Å². The Hall–Kier alpha value is -2.76. The van der Waals surface area contributed by atoms with Crippen molar-refractivity contribution in [3.8, 4) is 0 Å². The van der Waals surface area contributed by atoms with Gasteiger partial charge in [0, 0.05) is 24.8 Å². The lowest BCUT2D eigenvalue weighted by molar-refractivity contribution is -0.117. The van der Waals surface area contributed by atoms with Gasteiger partial charge < -0.3 is 10.6 Å². The van der Waals surface area contributed by atoms with Crippen molar-refractivity contribution in [1.82, 2.24) is 9.97 Å². The van der Waals surface area contributed by atoms with Gasteiger partial charge in [-0.3, -0.25) is 14.6 Å². The molecular formula is C16H16N4O2. The molecule has 22 heavy (non-hydrogen) atoms. The third-order valence-electron chi connectivity index (χ3n) is 3.71. The molecule has 6 nitrogen and oxygen atoms in total. The van der Waals surface area contributed by atoms with E-state index in [1.165, 1.54) is 6.20 Å². The Morgan fingerprint density at radius 2 is 2.05 bits per heavy atom. The number of nitrogens with zero attached hydrogens (tertiary/aromatic N) is 3. The van der Waals surface area contributed by atoms with Gasteiger partial charge >= 0.3 is 0 Å². The zero-order valence-corrected chi connectivity index (χ0v) is 12.0. The van der Waals surface area contributed by atoms with Gasteiger partial charge in [-0.1, -0.05) is 18.2 Å². The van der Waals surface area contributed by atoms with Crippen LogP contribution in [0.15, 0.2) is 42.7 Å². The highest BCUT2D eigenvalue weighted by Crippen LogP contribution is 2.26. The Labute approximate surface area is 128 Å². The summed E-state index contributed by atoms with van der Waals surface area (Å²) in [6.45, 7) is 0.644. The SMILES string of the molecule is NC(=O)c1cncc(C[C@@H]2CC(=O)N(c3ccccc3)C2)n1. The van der Waals surface area contributed by atoms with E-state index in [1.54, 1.807) is 11.1 Å². The maximum absolute atomic E-state index is 12.2. The normalized spacial score (nSPS) is 17.7. The first-order valence-corrected chi connectivity index (χ1v) is 7.09. The molecule has 0 bridgehead atoms. The zero-order valence-electron chi connectivity index (χ0n) is 12.0. The van der Waals surface area contributed by atoms with Crippen LogP contribution in [-0.4, -0.2) is 28.3 Å². The molecule has 2 heterocycles. The van der Waals surface area contributed by atoms with Crippen LogP contribution >= 0.6 is 0 Å². The maximum Gasteiger partial charge on any atom is 0.268 e. The third kappa shape index (κ3) is 2.95. The lowest BCUT2D eigenvalue weighted by Crippen LogP contribution is -2.24. The number of nitrogens with two attached hydrogens (primary N) is 1. The Morgan fingerprint density at radius 3 is 2.77 bits per heavy atom. The van der Waals surface area contributed by atoms with Gasteiger partial charge in [-0.2, -0.15) is 0 Å². The predicted octanol–water partition coefficient (Wildman–Crippen LogP) is 1.17. The number of para-hydroxylation sites is 1. The maximum atomic E-state index is 12.2. The Morgan fingerprint density at radius 1 is 1.27 bits per heavy atom. The number of primary amides is 1. The Kier molecular flexibility index (Phi) is 3.82. The largest absolute Gasteiger partial charge is 0.364 e.